The molecule has 0 amide bonds. The first-order valence-corrected chi connectivity index (χ1v) is 6.12. The molecule has 17 heavy (non-hydrogen) atoms. The first kappa shape index (κ1) is 10.8. The minimum absolute atomic E-state index is 0.284. The van der Waals surface area contributed by atoms with Gasteiger partial charge in [-0.2, -0.15) is 5.26 Å². The van der Waals surface area contributed by atoms with Gasteiger partial charge in [-0.25, -0.2) is 4.98 Å². The normalized spacial score (nSPS) is 30.2. The van der Waals surface area contributed by atoms with Gasteiger partial charge in [-0.1, -0.05) is 11.6 Å². The molecule has 0 aromatic carbocycles. The van der Waals surface area contributed by atoms with Crippen LogP contribution in [0.2, 0.25) is 5.15 Å². The Hall–Kier alpha value is -1.31. The highest BCUT2D eigenvalue weighted by atomic mass is 35.5. The van der Waals surface area contributed by atoms with E-state index in [1.807, 2.05) is 0 Å². The molecule has 5 heteroatoms. The molecule has 0 aliphatic carbocycles. The summed E-state index contributed by atoms with van der Waals surface area (Å²) in [6.07, 6.45) is 3.96. The first-order valence-electron chi connectivity index (χ1n) is 5.74. The maximum Gasteiger partial charge on any atom is 0.132 e. The molecule has 2 bridgehead atoms. The summed E-state index contributed by atoms with van der Waals surface area (Å²) in [5, 5.41) is 12.5. The third kappa shape index (κ3) is 2.08. The van der Waals surface area contributed by atoms with Crippen molar-refractivity contribution in [2.45, 2.75) is 37.5 Å². The Morgan fingerprint density at radius 1 is 1.47 bits per heavy atom. The Labute approximate surface area is 105 Å². The first-order chi connectivity index (χ1) is 8.24. The van der Waals surface area contributed by atoms with E-state index in [-0.39, 0.29) is 6.10 Å². The molecule has 3 atom stereocenters. The molecule has 1 N–H and O–H groups in total. The van der Waals surface area contributed by atoms with E-state index in [9.17, 15) is 0 Å². The number of nitriles is 1. The molecule has 0 spiro atoms. The zero-order chi connectivity index (χ0) is 11.8. The summed E-state index contributed by atoms with van der Waals surface area (Å²) in [4.78, 5) is 4.18. The van der Waals surface area contributed by atoms with Crippen molar-refractivity contribution in [1.82, 2.24) is 4.98 Å². The van der Waals surface area contributed by atoms with Gasteiger partial charge < -0.3 is 10.1 Å². The number of fused-ring (bicyclic) bond motifs is 2. The molecule has 2 saturated heterocycles. The topological polar surface area (TPSA) is 57.9 Å². The fraction of sp³-hybridized carbons (Fsp3) is 0.500. The molecule has 0 radical (unpaired) electrons. The van der Waals surface area contributed by atoms with E-state index in [4.69, 9.17) is 21.6 Å². The molecule has 2 aliphatic heterocycles. The predicted molar refractivity (Wildman–Crippen MR) is 63.9 cm³/mol. The molecule has 0 saturated carbocycles. The van der Waals surface area contributed by atoms with Crippen molar-refractivity contribution in [3.63, 3.8) is 0 Å². The van der Waals surface area contributed by atoms with E-state index in [2.05, 4.69) is 16.4 Å². The van der Waals surface area contributed by atoms with Crippen molar-refractivity contribution in [3.8, 4) is 6.07 Å². The van der Waals surface area contributed by atoms with Crippen molar-refractivity contribution in [2.75, 3.05) is 5.32 Å². The third-order valence-corrected chi connectivity index (χ3v) is 3.56. The lowest BCUT2D eigenvalue weighted by atomic mass is 9.95. The van der Waals surface area contributed by atoms with Crippen LogP contribution in [0.25, 0.3) is 0 Å². The number of anilines is 1. The highest BCUT2D eigenvalue weighted by Gasteiger charge is 2.40. The minimum Gasteiger partial charge on any atom is -0.373 e. The Balaban J connectivity index is 1.77. The minimum atomic E-state index is 0.284. The molecule has 2 fully saturated rings. The number of nitrogens with zero attached hydrogens (tertiary/aromatic N) is 2. The number of hydrogen-bond donors (Lipinski definition) is 1. The number of pyridine rings is 1. The van der Waals surface area contributed by atoms with Gasteiger partial charge in [0, 0.05) is 0 Å². The predicted octanol–water partition coefficient (Wildman–Crippen LogP) is 2.34. The highest BCUT2D eigenvalue weighted by Crippen LogP contribution is 2.35. The van der Waals surface area contributed by atoms with Crippen LogP contribution in [0.5, 0.6) is 0 Å². The summed E-state index contributed by atoms with van der Waals surface area (Å²) in [5.41, 5.74) is 0.525. The Morgan fingerprint density at radius 2 is 2.35 bits per heavy atom. The van der Waals surface area contributed by atoms with E-state index in [0.29, 0.717) is 28.7 Å². The molecule has 3 rings (SSSR count). The second-order valence-electron chi connectivity index (χ2n) is 4.54. The second kappa shape index (κ2) is 4.17. The van der Waals surface area contributed by atoms with Crippen molar-refractivity contribution < 1.29 is 4.74 Å². The lowest BCUT2D eigenvalue weighted by molar-refractivity contribution is 0.102. The van der Waals surface area contributed by atoms with Crippen LogP contribution < -0.4 is 5.32 Å². The second-order valence-corrected chi connectivity index (χ2v) is 4.92. The molecular weight excluding hydrogens is 238 g/mol. The largest absolute Gasteiger partial charge is 0.373 e. The monoisotopic (exact) mass is 249 g/mol. The number of rotatable bonds is 2. The number of hydrogen-bond acceptors (Lipinski definition) is 4. The lowest BCUT2D eigenvalue weighted by Gasteiger charge is -2.20. The van der Waals surface area contributed by atoms with E-state index in [1.165, 1.54) is 0 Å². The SMILES string of the molecule is N#Cc1cc(Cl)nc(NC2CC3CCC2O3)c1. The van der Waals surface area contributed by atoms with Crippen molar-refractivity contribution >= 4 is 17.4 Å². The Kier molecular flexibility index (Phi) is 2.65. The molecule has 3 heterocycles. The van der Waals surface area contributed by atoms with Gasteiger partial charge in [-0.3, -0.25) is 0 Å². The molecular formula is C12H12ClN3O. The average molecular weight is 250 g/mol. The van der Waals surface area contributed by atoms with Gasteiger partial charge in [-0.15, -0.1) is 0 Å². The smallest absolute Gasteiger partial charge is 0.132 e. The summed E-state index contributed by atoms with van der Waals surface area (Å²) in [5.74, 6) is 0.662. The maximum absolute atomic E-state index is 8.86. The number of halogens is 1. The van der Waals surface area contributed by atoms with Gasteiger partial charge in [-0.05, 0) is 31.4 Å². The average Bonchev–Trinajstić information content (AvgIpc) is 2.90. The number of nitrogens with one attached hydrogen (secondary N) is 1. The third-order valence-electron chi connectivity index (χ3n) is 3.36. The van der Waals surface area contributed by atoms with Crippen LogP contribution in [-0.2, 0) is 4.74 Å². The zero-order valence-corrected chi connectivity index (χ0v) is 9.94. The zero-order valence-electron chi connectivity index (χ0n) is 9.19. The Morgan fingerprint density at radius 3 is 3.00 bits per heavy atom. The van der Waals surface area contributed by atoms with Crippen molar-refractivity contribution in [3.05, 3.63) is 22.8 Å². The van der Waals surface area contributed by atoms with Gasteiger partial charge in [0.2, 0.25) is 0 Å². The molecule has 1 aromatic rings. The summed E-state index contributed by atoms with van der Waals surface area (Å²) in [7, 11) is 0. The summed E-state index contributed by atoms with van der Waals surface area (Å²) in [6, 6.07) is 5.65. The summed E-state index contributed by atoms with van der Waals surface area (Å²) >= 11 is 5.86. The maximum atomic E-state index is 8.86. The molecule has 88 valence electrons. The standard InChI is InChI=1S/C12H12ClN3O/c13-11-3-7(6-14)4-12(16-11)15-9-5-8-1-2-10(9)17-8/h3-4,8-10H,1-2,5H2,(H,15,16). The fourth-order valence-corrected chi connectivity index (χ4v) is 2.82. The lowest BCUT2D eigenvalue weighted by Crippen LogP contribution is -2.30. The van der Waals surface area contributed by atoms with Gasteiger partial charge in [0.15, 0.2) is 0 Å². The van der Waals surface area contributed by atoms with E-state index >= 15 is 0 Å². The Bertz CT molecular complexity index is 485. The van der Waals surface area contributed by atoms with Crippen LogP contribution in [0.4, 0.5) is 5.82 Å². The van der Waals surface area contributed by atoms with Crippen molar-refractivity contribution in [1.29, 1.82) is 5.26 Å². The van der Waals surface area contributed by atoms with Crippen LogP contribution in [0.1, 0.15) is 24.8 Å². The molecule has 1 aromatic heterocycles. The van der Waals surface area contributed by atoms with Crippen LogP contribution in [0.3, 0.4) is 0 Å². The van der Waals surface area contributed by atoms with Crippen molar-refractivity contribution in [2.24, 2.45) is 0 Å². The van der Waals surface area contributed by atoms with Crippen LogP contribution in [-0.4, -0.2) is 23.2 Å². The van der Waals surface area contributed by atoms with E-state index in [0.717, 1.165) is 19.3 Å². The van der Waals surface area contributed by atoms with Gasteiger partial charge in [0.25, 0.3) is 0 Å². The molecule has 3 unspecified atom stereocenters. The molecule has 4 nitrogen and oxygen atoms in total. The summed E-state index contributed by atoms with van der Waals surface area (Å²) < 4.78 is 5.76. The summed E-state index contributed by atoms with van der Waals surface area (Å²) in [6.45, 7) is 0. The quantitative estimate of drug-likeness (QED) is 0.818. The highest BCUT2D eigenvalue weighted by molar-refractivity contribution is 6.29. The number of ether oxygens (including phenoxy) is 1. The number of aromatic nitrogens is 1. The van der Waals surface area contributed by atoms with Crippen LogP contribution in [0.15, 0.2) is 12.1 Å². The van der Waals surface area contributed by atoms with E-state index < -0.39 is 0 Å². The van der Waals surface area contributed by atoms with Crippen LogP contribution >= 0.6 is 11.6 Å². The van der Waals surface area contributed by atoms with Gasteiger partial charge in [0.05, 0.1) is 29.9 Å². The molecule has 2 aliphatic rings. The van der Waals surface area contributed by atoms with Gasteiger partial charge in [0.1, 0.15) is 11.0 Å². The fourth-order valence-electron chi connectivity index (χ4n) is 2.62. The van der Waals surface area contributed by atoms with Crippen LogP contribution in [0, 0.1) is 11.3 Å². The van der Waals surface area contributed by atoms with Gasteiger partial charge >= 0.3 is 0 Å². The van der Waals surface area contributed by atoms with E-state index in [1.54, 1.807) is 12.1 Å².